The highest BCUT2D eigenvalue weighted by Crippen LogP contribution is 2.24. The summed E-state index contributed by atoms with van der Waals surface area (Å²) >= 11 is 0. The molecule has 2 atom stereocenters. The highest BCUT2D eigenvalue weighted by Gasteiger charge is 2.27. The zero-order valence-corrected chi connectivity index (χ0v) is 11.1. The van der Waals surface area contributed by atoms with E-state index in [2.05, 4.69) is 5.32 Å². The molecule has 6 heteroatoms. The Bertz CT molecular complexity index is 217. The Morgan fingerprint density at radius 2 is 2.18 bits per heavy atom. The van der Waals surface area contributed by atoms with Gasteiger partial charge in [-0.15, -0.1) is 12.4 Å². The van der Waals surface area contributed by atoms with Crippen LogP contribution >= 0.6 is 12.4 Å². The Labute approximate surface area is 109 Å². The molecule has 3 N–H and O–H groups in total. The van der Waals surface area contributed by atoms with E-state index in [1.54, 1.807) is 7.11 Å². The molecule has 1 saturated carbocycles. The normalized spacial score (nSPS) is 23.2. The van der Waals surface area contributed by atoms with Gasteiger partial charge < -0.3 is 20.5 Å². The van der Waals surface area contributed by atoms with Crippen molar-refractivity contribution in [3.63, 3.8) is 0 Å². The largest absolute Gasteiger partial charge is 0.382 e. The Kier molecular flexibility index (Phi) is 9.44. The van der Waals surface area contributed by atoms with Crippen LogP contribution in [0.2, 0.25) is 0 Å². The van der Waals surface area contributed by atoms with Gasteiger partial charge in [0.1, 0.15) is 6.61 Å². The molecule has 1 rings (SSSR count). The molecule has 2 unspecified atom stereocenters. The summed E-state index contributed by atoms with van der Waals surface area (Å²) in [5.41, 5.74) is 5.64. The number of nitrogens with one attached hydrogen (secondary N) is 1. The third-order valence-electron chi connectivity index (χ3n) is 2.97. The van der Waals surface area contributed by atoms with Crippen molar-refractivity contribution in [3.8, 4) is 0 Å². The summed E-state index contributed by atoms with van der Waals surface area (Å²) < 4.78 is 9.97. The first-order valence-corrected chi connectivity index (χ1v) is 5.84. The molecule has 0 saturated heterocycles. The molecule has 17 heavy (non-hydrogen) atoms. The summed E-state index contributed by atoms with van der Waals surface area (Å²) in [7, 11) is 1.60. The number of carbonyl (C=O) groups excluding carboxylic acids is 1. The molecule has 0 aliphatic heterocycles. The number of hydrogen-bond acceptors (Lipinski definition) is 4. The molecular formula is C11H23ClN2O3. The zero-order valence-electron chi connectivity index (χ0n) is 10.3. The maximum absolute atomic E-state index is 11.5. The van der Waals surface area contributed by atoms with E-state index in [4.69, 9.17) is 15.2 Å². The van der Waals surface area contributed by atoms with Gasteiger partial charge in [-0.05, 0) is 25.3 Å². The van der Waals surface area contributed by atoms with Gasteiger partial charge in [-0.3, -0.25) is 4.79 Å². The molecule has 1 aliphatic carbocycles. The first-order valence-electron chi connectivity index (χ1n) is 5.84. The minimum atomic E-state index is -0.0542. The highest BCUT2D eigenvalue weighted by atomic mass is 35.5. The minimum Gasteiger partial charge on any atom is -0.382 e. The summed E-state index contributed by atoms with van der Waals surface area (Å²) in [4.78, 5) is 11.5. The van der Waals surface area contributed by atoms with Crippen molar-refractivity contribution in [1.82, 2.24) is 5.32 Å². The number of methoxy groups -OCH3 is 1. The summed E-state index contributed by atoms with van der Waals surface area (Å²) in [6.45, 7) is 1.73. The maximum Gasteiger partial charge on any atom is 0.246 e. The number of halogens is 1. The van der Waals surface area contributed by atoms with Gasteiger partial charge in [-0.25, -0.2) is 0 Å². The fraction of sp³-hybridized carbons (Fsp3) is 0.909. The molecule has 0 radical (unpaired) electrons. The molecule has 5 nitrogen and oxygen atoms in total. The lowest BCUT2D eigenvalue weighted by molar-refractivity contribution is -0.127. The van der Waals surface area contributed by atoms with Crippen LogP contribution < -0.4 is 11.1 Å². The molecule has 0 spiro atoms. The molecular weight excluding hydrogens is 244 g/mol. The van der Waals surface area contributed by atoms with E-state index in [0.717, 1.165) is 19.3 Å². The standard InChI is InChI=1S/C11H22N2O3.ClH/c1-15-5-6-16-8-11(14)13-10-4-2-3-9(10)7-12;/h9-10H,2-8,12H2,1H3,(H,13,14);1H. The van der Waals surface area contributed by atoms with E-state index in [1.807, 2.05) is 0 Å². The Balaban J connectivity index is 0.00000256. The van der Waals surface area contributed by atoms with Crippen molar-refractivity contribution < 1.29 is 14.3 Å². The lowest BCUT2D eigenvalue weighted by atomic mass is 10.0. The number of amides is 1. The average Bonchev–Trinajstić information content (AvgIpc) is 2.71. The molecule has 1 amide bonds. The Morgan fingerprint density at radius 3 is 2.82 bits per heavy atom. The quantitative estimate of drug-likeness (QED) is 0.651. The van der Waals surface area contributed by atoms with Gasteiger partial charge >= 0.3 is 0 Å². The second-order valence-electron chi connectivity index (χ2n) is 4.15. The minimum absolute atomic E-state index is 0. The Hall–Kier alpha value is -0.360. The molecule has 1 fully saturated rings. The molecule has 0 aromatic heterocycles. The molecule has 0 aromatic rings. The van der Waals surface area contributed by atoms with Gasteiger partial charge in [-0.2, -0.15) is 0 Å². The zero-order chi connectivity index (χ0) is 11.8. The first-order chi connectivity index (χ1) is 7.77. The predicted octanol–water partition coefficient (Wildman–Crippen LogP) is 0.315. The van der Waals surface area contributed by atoms with E-state index in [9.17, 15) is 4.79 Å². The second-order valence-corrected chi connectivity index (χ2v) is 4.15. The van der Waals surface area contributed by atoms with Crippen molar-refractivity contribution in [2.45, 2.75) is 25.3 Å². The van der Waals surface area contributed by atoms with Crippen LogP contribution in [0.5, 0.6) is 0 Å². The highest BCUT2D eigenvalue weighted by molar-refractivity contribution is 5.85. The van der Waals surface area contributed by atoms with Crippen molar-refractivity contribution in [3.05, 3.63) is 0 Å². The van der Waals surface area contributed by atoms with Crippen LogP contribution in [0.15, 0.2) is 0 Å². The lowest BCUT2D eigenvalue weighted by Crippen LogP contribution is -2.41. The predicted molar refractivity (Wildman–Crippen MR) is 68.3 cm³/mol. The first kappa shape index (κ1) is 16.6. The smallest absolute Gasteiger partial charge is 0.246 e. The van der Waals surface area contributed by atoms with Gasteiger partial charge in [0.25, 0.3) is 0 Å². The number of ether oxygens (including phenoxy) is 2. The van der Waals surface area contributed by atoms with Crippen LogP contribution in [0, 0.1) is 5.92 Å². The number of carbonyl (C=O) groups is 1. The number of nitrogens with two attached hydrogens (primary N) is 1. The summed E-state index contributed by atoms with van der Waals surface area (Å²) in [5.74, 6) is 0.379. The molecule has 0 bridgehead atoms. The van der Waals surface area contributed by atoms with Gasteiger partial charge in [0.05, 0.1) is 13.2 Å². The topological polar surface area (TPSA) is 73.6 Å². The summed E-state index contributed by atoms with van der Waals surface area (Å²) in [5, 5.41) is 2.97. The van der Waals surface area contributed by atoms with E-state index in [-0.39, 0.29) is 31.0 Å². The van der Waals surface area contributed by atoms with Gasteiger partial charge in [0.15, 0.2) is 0 Å². The summed E-state index contributed by atoms with van der Waals surface area (Å²) in [6, 6.07) is 0.239. The van der Waals surface area contributed by atoms with Crippen molar-refractivity contribution in [2.24, 2.45) is 11.7 Å². The van der Waals surface area contributed by atoms with Crippen LogP contribution in [0.4, 0.5) is 0 Å². The number of rotatable bonds is 7. The lowest BCUT2D eigenvalue weighted by Gasteiger charge is -2.19. The monoisotopic (exact) mass is 266 g/mol. The molecule has 1 aliphatic rings. The third-order valence-corrected chi connectivity index (χ3v) is 2.97. The van der Waals surface area contributed by atoms with Crippen molar-refractivity contribution in [2.75, 3.05) is 33.5 Å². The van der Waals surface area contributed by atoms with E-state index < -0.39 is 0 Å². The van der Waals surface area contributed by atoms with Crippen LogP contribution in [0.3, 0.4) is 0 Å². The molecule has 102 valence electrons. The Morgan fingerprint density at radius 1 is 1.41 bits per heavy atom. The number of hydrogen-bond donors (Lipinski definition) is 2. The average molecular weight is 267 g/mol. The van der Waals surface area contributed by atoms with Crippen LogP contribution in [0.1, 0.15) is 19.3 Å². The SMILES string of the molecule is COCCOCC(=O)NC1CCCC1CN.Cl. The summed E-state index contributed by atoms with van der Waals surface area (Å²) in [6.07, 6.45) is 3.30. The van der Waals surface area contributed by atoms with Gasteiger partial charge in [0.2, 0.25) is 5.91 Å². The van der Waals surface area contributed by atoms with Crippen molar-refractivity contribution in [1.29, 1.82) is 0 Å². The fourth-order valence-corrected chi connectivity index (χ4v) is 2.06. The third kappa shape index (κ3) is 6.21. The van der Waals surface area contributed by atoms with Crippen LogP contribution in [0.25, 0.3) is 0 Å². The van der Waals surface area contributed by atoms with Gasteiger partial charge in [-0.1, -0.05) is 6.42 Å². The molecule has 0 heterocycles. The van der Waals surface area contributed by atoms with Gasteiger partial charge in [0, 0.05) is 13.2 Å². The van der Waals surface area contributed by atoms with Crippen LogP contribution in [-0.4, -0.2) is 45.4 Å². The molecule has 0 aromatic carbocycles. The fourth-order valence-electron chi connectivity index (χ4n) is 2.06. The van der Waals surface area contributed by atoms with E-state index >= 15 is 0 Å². The van der Waals surface area contributed by atoms with Crippen LogP contribution in [-0.2, 0) is 14.3 Å². The maximum atomic E-state index is 11.5. The van der Waals surface area contributed by atoms with E-state index in [1.165, 1.54) is 0 Å². The second kappa shape index (κ2) is 9.65. The van der Waals surface area contributed by atoms with Crippen molar-refractivity contribution >= 4 is 18.3 Å². The van der Waals surface area contributed by atoms with E-state index in [0.29, 0.717) is 25.7 Å².